The van der Waals surface area contributed by atoms with Crippen molar-refractivity contribution in [2.24, 2.45) is 0 Å². The number of aryl methyl sites for hydroxylation is 1. The monoisotopic (exact) mass is 401 g/mol. The van der Waals surface area contributed by atoms with Gasteiger partial charge in [-0.2, -0.15) is 12.5 Å². The van der Waals surface area contributed by atoms with Gasteiger partial charge in [0.25, 0.3) is 15.7 Å². The van der Waals surface area contributed by atoms with Gasteiger partial charge in [-0.3, -0.25) is 10.1 Å². The zero-order chi connectivity index (χ0) is 19.9. The molecule has 10 heteroatoms. The quantitative estimate of drug-likeness (QED) is 0.525. The van der Waals surface area contributed by atoms with E-state index in [1.54, 1.807) is 12.1 Å². The van der Waals surface area contributed by atoms with Gasteiger partial charge in [0.1, 0.15) is 0 Å². The summed E-state index contributed by atoms with van der Waals surface area (Å²) in [4.78, 5) is 12.8. The summed E-state index contributed by atoms with van der Waals surface area (Å²) in [7, 11) is -3.94. The van der Waals surface area contributed by atoms with Gasteiger partial charge in [-0.15, -0.1) is 5.10 Å². The van der Waals surface area contributed by atoms with E-state index in [9.17, 15) is 18.5 Å². The number of nitrogens with zero attached hydrogens (tertiary/aromatic N) is 4. The largest absolute Gasteiger partial charge is 0.352 e. The molecular formula is C18H19N5O4S. The van der Waals surface area contributed by atoms with E-state index in [1.165, 1.54) is 30.3 Å². The molecule has 2 aromatic carbocycles. The van der Waals surface area contributed by atoms with E-state index >= 15 is 0 Å². The molecule has 0 bridgehead atoms. The number of benzene rings is 2. The van der Waals surface area contributed by atoms with Crippen LogP contribution in [-0.2, 0) is 10.0 Å². The van der Waals surface area contributed by atoms with Gasteiger partial charge in [-0.25, -0.2) is 0 Å². The van der Waals surface area contributed by atoms with Gasteiger partial charge in [0, 0.05) is 38.3 Å². The molecule has 1 fully saturated rings. The average Bonchev–Trinajstić information content (AvgIpc) is 3.08. The molecule has 28 heavy (non-hydrogen) atoms. The first kappa shape index (κ1) is 18.4. The standard InChI is InChI=1S/C18H19N5O4S/c1-13-2-5-15(6-3-13)28(26,27)22-17-7-4-14(23(24)25)12-16(17)18(20-22)21-10-8-19-9-11-21/h2-7,12,19H,8-11H2,1H3. The first-order chi connectivity index (χ1) is 13.4. The number of hydrogen-bond donors (Lipinski definition) is 1. The molecule has 0 radical (unpaired) electrons. The van der Waals surface area contributed by atoms with E-state index in [0.29, 0.717) is 29.8 Å². The summed E-state index contributed by atoms with van der Waals surface area (Å²) < 4.78 is 27.4. The van der Waals surface area contributed by atoms with Crippen LogP contribution in [0.4, 0.5) is 11.5 Å². The number of fused-ring (bicyclic) bond motifs is 1. The Morgan fingerprint density at radius 2 is 1.79 bits per heavy atom. The van der Waals surface area contributed by atoms with E-state index in [4.69, 9.17) is 0 Å². The molecule has 0 aliphatic carbocycles. The first-order valence-electron chi connectivity index (χ1n) is 8.83. The molecule has 1 aliphatic heterocycles. The van der Waals surface area contributed by atoms with Crippen LogP contribution in [0, 0.1) is 17.0 Å². The van der Waals surface area contributed by atoms with Gasteiger partial charge in [0.05, 0.1) is 20.7 Å². The van der Waals surface area contributed by atoms with Crippen molar-refractivity contribution in [3.63, 3.8) is 0 Å². The Morgan fingerprint density at radius 1 is 1.11 bits per heavy atom. The Morgan fingerprint density at radius 3 is 2.43 bits per heavy atom. The molecule has 1 N–H and O–H groups in total. The van der Waals surface area contributed by atoms with E-state index in [-0.39, 0.29) is 10.6 Å². The first-order valence-corrected chi connectivity index (χ1v) is 10.3. The Kier molecular flexibility index (Phi) is 4.52. The summed E-state index contributed by atoms with van der Waals surface area (Å²) in [5, 5.41) is 19.3. The van der Waals surface area contributed by atoms with Crippen molar-refractivity contribution in [3.8, 4) is 0 Å². The fourth-order valence-corrected chi connectivity index (χ4v) is 4.56. The molecule has 9 nitrogen and oxygen atoms in total. The molecule has 1 saturated heterocycles. The summed E-state index contributed by atoms with van der Waals surface area (Å²) in [5.41, 5.74) is 1.16. The van der Waals surface area contributed by atoms with Gasteiger partial charge >= 0.3 is 0 Å². The van der Waals surface area contributed by atoms with Crippen molar-refractivity contribution in [2.75, 3.05) is 31.1 Å². The van der Waals surface area contributed by atoms with Gasteiger partial charge in [0.2, 0.25) is 0 Å². The van der Waals surface area contributed by atoms with Crippen LogP contribution in [0.15, 0.2) is 47.4 Å². The summed E-state index contributed by atoms with van der Waals surface area (Å²) >= 11 is 0. The highest BCUT2D eigenvalue weighted by molar-refractivity contribution is 7.90. The van der Waals surface area contributed by atoms with Crippen LogP contribution < -0.4 is 10.2 Å². The van der Waals surface area contributed by atoms with Crippen LogP contribution in [0.5, 0.6) is 0 Å². The van der Waals surface area contributed by atoms with Crippen LogP contribution >= 0.6 is 0 Å². The van der Waals surface area contributed by atoms with Crippen molar-refractivity contribution < 1.29 is 13.3 Å². The van der Waals surface area contributed by atoms with Crippen molar-refractivity contribution >= 4 is 32.4 Å². The number of non-ortho nitro benzene ring substituents is 1. The predicted octanol–water partition coefficient (Wildman–Crippen LogP) is 1.90. The molecule has 0 spiro atoms. The smallest absolute Gasteiger partial charge is 0.283 e. The zero-order valence-electron chi connectivity index (χ0n) is 15.2. The Bertz CT molecular complexity index is 1150. The summed E-state index contributed by atoms with van der Waals surface area (Å²) in [6.07, 6.45) is 0. The number of nitro benzene ring substituents is 1. The number of nitrogens with one attached hydrogen (secondary N) is 1. The minimum Gasteiger partial charge on any atom is -0.352 e. The van der Waals surface area contributed by atoms with Crippen LogP contribution in [0.2, 0.25) is 0 Å². The third-order valence-electron chi connectivity index (χ3n) is 4.79. The minimum atomic E-state index is -3.94. The highest BCUT2D eigenvalue weighted by Crippen LogP contribution is 2.32. The Balaban J connectivity index is 1.93. The lowest BCUT2D eigenvalue weighted by molar-refractivity contribution is -0.384. The second-order valence-corrected chi connectivity index (χ2v) is 8.45. The maximum atomic E-state index is 13.2. The maximum Gasteiger partial charge on any atom is 0.283 e. The molecule has 1 aliphatic rings. The SMILES string of the molecule is Cc1ccc(S(=O)(=O)n2nc(N3CCNCC3)c3cc([N+](=O)[O-])ccc32)cc1. The fraction of sp³-hybridized carbons (Fsp3) is 0.278. The van der Waals surface area contributed by atoms with Crippen molar-refractivity contribution in [3.05, 3.63) is 58.1 Å². The van der Waals surface area contributed by atoms with Crippen LogP contribution in [0.3, 0.4) is 0 Å². The lowest BCUT2D eigenvalue weighted by atomic mass is 10.2. The van der Waals surface area contributed by atoms with Gasteiger partial charge < -0.3 is 10.2 Å². The average molecular weight is 401 g/mol. The van der Waals surface area contributed by atoms with Crippen LogP contribution in [0.25, 0.3) is 10.9 Å². The van der Waals surface area contributed by atoms with Crippen molar-refractivity contribution in [1.82, 2.24) is 14.5 Å². The Hall–Kier alpha value is -2.98. The van der Waals surface area contributed by atoms with Gasteiger partial charge in [-0.05, 0) is 25.1 Å². The van der Waals surface area contributed by atoms with Crippen molar-refractivity contribution in [2.45, 2.75) is 11.8 Å². The summed E-state index contributed by atoms with van der Waals surface area (Å²) in [5.74, 6) is 0.441. The fourth-order valence-electron chi connectivity index (χ4n) is 3.28. The third kappa shape index (κ3) is 3.10. The molecule has 0 unspecified atom stereocenters. The number of piperazine rings is 1. The molecule has 146 valence electrons. The second kappa shape index (κ2) is 6.88. The molecule has 4 rings (SSSR count). The summed E-state index contributed by atoms with van der Waals surface area (Å²) in [6.45, 7) is 4.61. The normalized spacial score (nSPS) is 15.1. The molecule has 2 heterocycles. The highest BCUT2D eigenvalue weighted by atomic mass is 32.2. The van der Waals surface area contributed by atoms with Crippen LogP contribution in [-0.4, -0.2) is 48.7 Å². The lowest BCUT2D eigenvalue weighted by Crippen LogP contribution is -2.43. The van der Waals surface area contributed by atoms with Gasteiger partial charge in [0.15, 0.2) is 5.82 Å². The molecule has 0 amide bonds. The molecule has 0 atom stereocenters. The van der Waals surface area contributed by atoms with E-state index < -0.39 is 14.9 Å². The molecular weight excluding hydrogens is 382 g/mol. The van der Waals surface area contributed by atoms with Crippen molar-refractivity contribution in [1.29, 1.82) is 0 Å². The number of rotatable bonds is 4. The molecule has 0 saturated carbocycles. The number of aromatic nitrogens is 2. The zero-order valence-corrected chi connectivity index (χ0v) is 16.0. The van der Waals surface area contributed by atoms with E-state index in [1.807, 2.05) is 11.8 Å². The Labute approximate surface area is 161 Å². The third-order valence-corrected chi connectivity index (χ3v) is 6.39. The van der Waals surface area contributed by atoms with E-state index in [2.05, 4.69) is 10.4 Å². The number of anilines is 1. The predicted molar refractivity (Wildman–Crippen MR) is 105 cm³/mol. The van der Waals surface area contributed by atoms with E-state index in [0.717, 1.165) is 22.7 Å². The molecule has 3 aromatic rings. The summed E-state index contributed by atoms with van der Waals surface area (Å²) in [6, 6.07) is 10.6. The minimum absolute atomic E-state index is 0.101. The van der Waals surface area contributed by atoms with Gasteiger partial charge in [-0.1, -0.05) is 17.7 Å². The number of nitro groups is 1. The maximum absolute atomic E-state index is 13.2. The topological polar surface area (TPSA) is 110 Å². The molecule has 1 aromatic heterocycles. The van der Waals surface area contributed by atoms with Crippen LogP contribution in [0.1, 0.15) is 5.56 Å². The number of hydrogen-bond acceptors (Lipinski definition) is 7. The second-order valence-electron chi connectivity index (χ2n) is 6.68. The highest BCUT2D eigenvalue weighted by Gasteiger charge is 2.27. The lowest BCUT2D eigenvalue weighted by Gasteiger charge is -2.27.